The van der Waals surface area contributed by atoms with E-state index in [1.54, 1.807) is 0 Å². The molecule has 0 amide bonds. The van der Waals surface area contributed by atoms with Crippen LogP contribution in [0.5, 0.6) is 0 Å². The molecule has 1 saturated carbocycles. The van der Waals surface area contributed by atoms with Crippen molar-refractivity contribution in [2.45, 2.75) is 51.7 Å². The standard InChI is InChI=1S/C17H26ClNO/c1-17(2)9-7-15(8-10-17)20-16(12-19-3)13-5-4-6-14(18)11-13/h4-6,11,15-16,19H,7-10,12H2,1-3H3. The average Bonchev–Trinajstić information content (AvgIpc) is 2.40. The summed E-state index contributed by atoms with van der Waals surface area (Å²) in [5, 5.41) is 4.00. The molecule has 0 radical (unpaired) electrons. The topological polar surface area (TPSA) is 21.3 Å². The third kappa shape index (κ3) is 4.47. The van der Waals surface area contributed by atoms with Gasteiger partial charge < -0.3 is 10.1 Å². The second-order valence-corrected chi connectivity index (χ2v) is 7.04. The fourth-order valence-corrected chi connectivity index (χ4v) is 3.08. The number of benzene rings is 1. The zero-order valence-corrected chi connectivity index (χ0v) is 13.5. The van der Waals surface area contributed by atoms with Crippen LogP contribution in [0.25, 0.3) is 0 Å². The summed E-state index contributed by atoms with van der Waals surface area (Å²) in [4.78, 5) is 0. The molecule has 0 heterocycles. The first-order valence-electron chi connectivity index (χ1n) is 7.56. The van der Waals surface area contributed by atoms with Crippen LogP contribution >= 0.6 is 11.6 Å². The predicted octanol–water partition coefficient (Wildman–Crippen LogP) is 4.59. The largest absolute Gasteiger partial charge is 0.369 e. The van der Waals surface area contributed by atoms with E-state index in [-0.39, 0.29) is 6.10 Å². The molecule has 2 rings (SSSR count). The van der Waals surface area contributed by atoms with Gasteiger partial charge in [0.15, 0.2) is 0 Å². The maximum Gasteiger partial charge on any atom is 0.0953 e. The maximum atomic E-state index is 6.35. The van der Waals surface area contributed by atoms with Crippen molar-refractivity contribution in [2.75, 3.05) is 13.6 Å². The molecular formula is C17H26ClNO. The minimum atomic E-state index is 0.0879. The van der Waals surface area contributed by atoms with Crippen LogP contribution in [0.3, 0.4) is 0 Å². The van der Waals surface area contributed by atoms with Gasteiger partial charge in [0.2, 0.25) is 0 Å². The average molecular weight is 296 g/mol. The van der Waals surface area contributed by atoms with Gasteiger partial charge in [0.25, 0.3) is 0 Å². The van der Waals surface area contributed by atoms with Gasteiger partial charge in [-0.05, 0) is 55.8 Å². The summed E-state index contributed by atoms with van der Waals surface area (Å²) in [6, 6.07) is 8.01. The van der Waals surface area contributed by atoms with Gasteiger partial charge in [-0.3, -0.25) is 0 Å². The summed E-state index contributed by atoms with van der Waals surface area (Å²) in [7, 11) is 1.96. The Morgan fingerprint density at radius 3 is 2.65 bits per heavy atom. The van der Waals surface area contributed by atoms with Crippen LogP contribution in [0.4, 0.5) is 0 Å². The Morgan fingerprint density at radius 1 is 1.35 bits per heavy atom. The second-order valence-electron chi connectivity index (χ2n) is 6.60. The van der Waals surface area contributed by atoms with Crippen molar-refractivity contribution >= 4 is 11.6 Å². The van der Waals surface area contributed by atoms with Gasteiger partial charge >= 0.3 is 0 Å². The molecular weight excluding hydrogens is 270 g/mol. The Bertz CT molecular complexity index is 423. The molecule has 0 bridgehead atoms. The molecule has 3 heteroatoms. The van der Waals surface area contributed by atoms with Crippen molar-refractivity contribution < 1.29 is 4.74 Å². The smallest absolute Gasteiger partial charge is 0.0953 e. The second kappa shape index (κ2) is 6.93. The lowest BCUT2D eigenvalue weighted by molar-refractivity contribution is -0.0454. The van der Waals surface area contributed by atoms with Crippen molar-refractivity contribution in [3.63, 3.8) is 0 Å². The van der Waals surface area contributed by atoms with E-state index in [1.165, 1.54) is 12.8 Å². The summed E-state index contributed by atoms with van der Waals surface area (Å²) in [5.41, 5.74) is 1.64. The quantitative estimate of drug-likeness (QED) is 0.858. The van der Waals surface area contributed by atoms with E-state index >= 15 is 0 Å². The van der Waals surface area contributed by atoms with E-state index in [1.807, 2.05) is 25.2 Å². The van der Waals surface area contributed by atoms with Gasteiger partial charge in [0, 0.05) is 11.6 Å². The molecule has 20 heavy (non-hydrogen) atoms. The monoisotopic (exact) mass is 295 g/mol. The van der Waals surface area contributed by atoms with Gasteiger partial charge in [-0.25, -0.2) is 0 Å². The molecule has 1 aromatic rings. The van der Waals surface area contributed by atoms with Crippen LogP contribution in [0.2, 0.25) is 5.02 Å². The lowest BCUT2D eigenvalue weighted by atomic mass is 9.76. The van der Waals surface area contributed by atoms with Gasteiger partial charge in [-0.2, -0.15) is 0 Å². The van der Waals surface area contributed by atoms with E-state index in [0.29, 0.717) is 11.5 Å². The first kappa shape index (κ1) is 15.8. The minimum absolute atomic E-state index is 0.0879. The van der Waals surface area contributed by atoms with Crippen LogP contribution in [0.1, 0.15) is 51.2 Å². The van der Waals surface area contributed by atoms with Gasteiger partial charge in [-0.1, -0.05) is 37.6 Å². The lowest BCUT2D eigenvalue weighted by Crippen LogP contribution is -2.30. The van der Waals surface area contributed by atoms with E-state index in [2.05, 4.69) is 25.2 Å². The van der Waals surface area contributed by atoms with Crippen LogP contribution in [0.15, 0.2) is 24.3 Å². The van der Waals surface area contributed by atoms with Crippen LogP contribution < -0.4 is 5.32 Å². The third-order valence-corrected chi connectivity index (χ3v) is 4.49. The SMILES string of the molecule is CNCC(OC1CCC(C)(C)CC1)c1cccc(Cl)c1. The summed E-state index contributed by atoms with van der Waals surface area (Å²) in [6.07, 6.45) is 5.28. The Hall–Kier alpha value is -0.570. The molecule has 0 saturated heterocycles. The van der Waals surface area contributed by atoms with E-state index in [4.69, 9.17) is 16.3 Å². The Morgan fingerprint density at radius 2 is 2.05 bits per heavy atom. The molecule has 0 spiro atoms. The summed E-state index contributed by atoms with van der Waals surface area (Å²) < 4.78 is 6.35. The Balaban J connectivity index is 1.99. The zero-order valence-electron chi connectivity index (χ0n) is 12.8. The summed E-state index contributed by atoms with van der Waals surface area (Å²) in [6.45, 7) is 5.52. The fraction of sp³-hybridized carbons (Fsp3) is 0.647. The van der Waals surface area contributed by atoms with Crippen molar-refractivity contribution in [3.05, 3.63) is 34.9 Å². The number of likely N-dealkylation sites (N-methyl/N-ethyl adjacent to an activating group) is 1. The first-order valence-corrected chi connectivity index (χ1v) is 7.93. The van der Waals surface area contributed by atoms with Crippen LogP contribution in [-0.2, 0) is 4.74 Å². The normalized spacial score (nSPS) is 20.8. The molecule has 1 aromatic carbocycles. The molecule has 112 valence electrons. The van der Waals surface area contributed by atoms with E-state index in [0.717, 1.165) is 30.0 Å². The maximum absolute atomic E-state index is 6.35. The minimum Gasteiger partial charge on any atom is -0.369 e. The van der Waals surface area contributed by atoms with Gasteiger partial charge in [0.1, 0.15) is 0 Å². The number of rotatable bonds is 5. The number of hydrogen-bond donors (Lipinski definition) is 1. The third-order valence-electron chi connectivity index (χ3n) is 4.25. The Kier molecular flexibility index (Phi) is 5.48. The molecule has 1 N–H and O–H groups in total. The molecule has 2 nitrogen and oxygen atoms in total. The first-order chi connectivity index (χ1) is 9.50. The lowest BCUT2D eigenvalue weighted by Gasteiger charge is -2.36. The van der Waals surface area contributed by atoms with E-state index in [9.17, 15) is 0 Å². The molecule has 1 atom stereocenters. The number of nitrogens with one attached hydrogen (secondary N) is 1. The van der Waals surface area contributed by atoms with Crippen molar-refractivity contribution in [2.24, 2.45) is 5.41 Å². The number of hydrogen-bond acceptors (Lipinski definition) is 2. The fourth-order valence-electron chi connectivity index (χ4n) is 2.88. The summed E-state index contributed by atoms with van der Waals surface area (Å²) >= 11 is 6.09. The molecule has 0 aromatic heterocycles. The number of ether oxygens (including phenoxy) is 1. The number of halogens is 1. The predicted molar refractivity (Wildman–Crippen MR) is 85.2 cm³/mol. The highest BCUT2D eigenvalue weighted by atomic mass is 35.5. The van der Waals surface area contributed by atoms with Crippen LogP contribution in [0, 0.1) is 5.41 Å². The zero-order chi connectivity index (χ0) is 14.6. The van der Waals surface area contributed by atoms with Crippen molar-refractivity contribution in [3.8, 4) is 0 Å². The highest BCUT2D eigenvalue weighted by Crippen LogP contribution is 2.37. The highest BCUT2D eigenvalue weighted by Gasteiger charge is 2.29. The van der Waals surface area contributed by atoms with Gasteiger partial charge in [0.05, 0.1) is 12.2 Å². The summed E-state index contributed by atoms with van der Waals surface area (Å²) in [5.74, 6) is 0. The highest BCUT2D eigenvalue weighted by molar-refractivity contribution is 6.30. The molecule has 1 aliphatic carbocycles. The van der Waals surface area contributed by atoms with Gasteiger partial charge in [-0.15, -0.1) is 0 Å². The Labute approximate surface area is 127 Å². The van der Waals surface area contributed by atoms with Crippen molar-refractivity contribution in [1.82, 2.24) is 5.32 Å². The molecule has 1 aliphatic rings. The van der Waals surface area contributed by atoms with Crippen molar-refractivity contribution in [1.29, 1.82) is 0 Å². The molecule has 1 fully saturated rings. The van der Waals surface area contributed by atoms with Crippen LogP contribution in [-0.4, -0.2) is 19.7 Å². The van der Waals surface area contributed by atoms with E-state index < -0.39 is 0 Å². The molecule has 0 aliphatic heterocycles. The molecule has 1 unspecified atom stereocenters.